The highest BCUT2D eigenvalue weighted by Gasteiger charge is 2.50. The quantitative estimate of drug-likeness (QED) is 0.0228. The van der Waals surface area contributed by atoms with Crippen LogP contribution in [0.15, 0.2) is 194 Å². The van der Waals surface area contributed by atoms with Gasteiger partial charge in [0.2, 0.25) is 0 Å². The summed E-state index contributed by atoms with van der Waals surface area (Å²) in [5.74, 6) is -3.49. The maximum absolute atomic E-state index is 13.1. The van der Waals surface area contributed by atoms with Crippen LogP contribution in [-0.4, -0.2) is 89.2 Å². The minimum absolute atomic E-state index is 0.0913. The number of carbonyl (C=O) groups excluding carboxylic acids is 3. The van der Waals surface area contributed by atoms with Crippen LogP contribution < -0.4 is 0 Å². The molecule has 1 saturated heterocycles. The summed E-state index contributed by atoms with van der Waals surface area (Å²) in [7, 11) is 0. The summed E-state index contributed by atoms with van der Waals surface area (Å²) in [5, 5.41) is 31.5. The van der Waals surface area contributed by atoms with Crippen LogP contribution in [-0.2, 0) is 42.9 Å². The number of carboxylic acids is 1. The van der Waals surface area contributed by atoms with E-state index >= 15 is 0 Å². The van der Waals surface area contributed by atoms with Gasteiger partial charge in [0.15, 0.2) is 24.6 Å². The maximum Gasteiger partial charge on any atom is 0.335 e. The van der Waals surface area contributed by atoms with Crippen LogP contribution in [0, 0.1) is 0 Å². The van der Waals surface area contributed by atoms with Crippen LogP contribution in [0.5, 0.6) is 0 Å². The van der Waals surface area contributed by atoms with Crippen LogP contribution in [0.2, 0.25) is 0 Å². The zero-order valence-corrected chi connectivity index (χ0v) is 50.3. The van der Waals surface area contributed by atoms with Gasteiger partial charge in [0.05, 0.1) is 13.0 Å². The van der Waals surface area contributed by atoms with Crippen molar-refractivity contribution in [1.29, 1.82) is 0 Å². The molecule has 0 bridgehead atoms. The molecule has 0 spiro atoms. The molecule has 1 aliphatic heterocycles. The zero-order valence-electron chi connectivity index (χ0n) is 50.3. The fourth-order valence-electron chi connectivity index (χ4n) is 7.67. The smallest absolute Gasteiger partial charge is 0.335 e. The number of hydrogen-bond acceptors (Lipinski definition) is 11. The Labute approximate surface area is 499 Å². The standard InChI is InChI=1S/C71H102O12/c1-4-7-10-13-16-19-22-25-28-30-32-34-37-39-42-45-48-51-54-57-63(72)79-60-62(81-64(73)58-55-52-49-46-43-40-36-27-24-21-18-15-12-9-6-3)61-80-71-69(67(76)66(75)68(83-71)70(77)78)82-65(74)59-56-53-50-47-44-41-38-35-33-31-29-26-23-20-17-14-11-8-5-2/h7-12,16-21,25-29,32-36,39,41-44,46,50,52-53,55,62,66-69,71,75-76H,4-6,13-15,22-24,30-31,37-38,40,45,47-49,51,54,56-61H2,1-3H3,(H,77,78)/b10-7-,11-8-,12-9-,19-16-,20-17-,21-18-,28-25-,29-26-,34-32-,35-33-,36-27-,42-39-,44-41-,46-43-,53-50-,55-52-. The molecule has 6 unspecified atom stereocenters. The first kappa shape index (κ1) is 74.6. The molecule has 1 aliphatic rings. The Kier molecular flexibility index (Phi) is 50.4. The summed E-state index contributed by atoms with van der Waals surface area (Å²) in [5.41, 5.74) is 0. The third-order valence-electron chi connectivity index (χ3n) is 12.2. The van der Waals surface area contributed by atoms with Crippen LogP contribution in [0.3, 0.4) is 0 Å². The zero-order chi connectivity index (χ0) is 60.3. The lowest BCUT2D eigenvalue weighted by molar-refractivity contribution is -0.301. The van der Waals surface area contributed by atoms with E-state index in [1.165, 1.54) is 0 Å². The molecule has 0 aliphatic carbocycles. The first-order valence-corrected chi connectivity index (χ1v) is 30.4. The van der Waals surface area contributed by atoms with Crippen molar-refractivity contribution in [1.82, 2.24) is 0 Å². The minimum Gasteiger partial charge on any atom is -0.479 e. The van der Waals surface area contributed by atoms with Crippen molar-refractivity contribution in [2.75, 3.05) is 13.2 Å². The summed E-state index contributed by atoms with van der Waals surface area (Å²) >= 11 is 0. The number of aliphatic carboxylic acids is 1. The summed E-state index contributed by atoms with van der Waals surface area (Å²) in [6.45, 7) is 5.48. The molecule has 0 aromatic rings. The molecule has 458 valence electrons. The number of aliphatic hydroxyl groups excluding tert-OH is 2. The minimum atomic E-state index is -1.96. The van der Waals surface area contributed by atoms with E-state index in [4.69, 9.17) is 23.7 Å². The van der Waals surface area contributed by atoms with Crippen LogP contribution in [0.1, 0.15) is 175 Å². The van der Waals surface area contributed by atoms with Gasteiger partial charge >= 0.3 is 23.9 Å². The van der Waals surface area contributed by atoms with Gasteiger partial charge in [-0.25, -0.2) is 4.79 Å². The molecular formula is C71H102O12. The molecule has 83 heavy (non-hydrogen) atoms. The van der Waals surface area contributed by atoms with Gasteiger partial charge in [0, 0.05) is 12.8 Å². The largest absolute Gasteiger partial charge is 0.479 e. The second-order valence-electron chi connectivity index (χ2n) is 19.5. The SMILES string of the molecule is CC/C=C\C/C=C\C/C=C\C/C=C\C/C=C\C/C=C\CCC(=O)OC1C(OCC(COC(=O)CCCCC/C=C\C/C=C\C/C=C\C/C=C\C/C=C\CC)OC(=O)C/C=C\C/C=C\C/C=C\C/C=C\C/C=C\CC)OC(C(=O)O)C(O)C1O. The van der Waals surface area contributed by atoms with E-state index in [1.54, 1.807) is 6.08 Å². The summed E-state index contributed by atoms with van der Waals surface area (Å²) in [6.07, 6.45) is 74.3. The summed E-state index contributed by atoms with van der Waals surface area (Å²) in [4.78, 5) is 51.1. The molecule has 0 radical (unpaired) electrons. The van der Waals surface area contributed by atoms with E-state index in [-0.39, 0.29) is 19.3 Å². The third kappa shape index (κ3) is 45.7. The van der Waals surface area contributed by atoms with Gasteiger partial charge in [-0.1, -0.05) is 222 Å². The van der Waals surface area contributed by atoms with Gasteiger partial charge < -0.3 is 39.0 Å². The molecule has 0 aromatic heterocycles. The number of unbranched alkanes of at least 4 members (excludes halogenated alkanes) is 3. The topological polar surface area (TPSA) is 175 Å². The first-order valence-electron chi connectivity index (χ1n) is 30.4. The lowest BCUT2D eigenvalue weighted by atomic mass is 9.98. The number of esters is 3. The van der Waals surface area contributed by atoms with Gasteiger partial charge in [0.1, 0.15) is 18.8 Å². The number of carbonyl (C=O) groups is 4. The van der Waals surface area contributed by atoms with Gasteiger partial charge in [-0.05, 0) is 128 Å². The average Bonchev–Trinajstić information content (AvgIpc) is 3.60. The van der Waals surface area contributed by atoms with E-state index in [1.807, 2.05) is 36.5 Å². The molecule has 0 amide bonds. The summed E-state index contributed by atoms with van der Waals surface area (Å²) in [6, 6.07) is 0. The Balaban J connectivity index is 2.81. The molecule has 0 aromatic carbocycles. The van der Waals surface area contributed by atoms with Crippen molar-refractivity contribution in [2.45, 2.75) is 212 Å². The predicted octanol–water partition coefficient (Wildman–Crippen LogP) is 16.2. The normalized spacial score (nSPS) is 19.0. The van der Waals surface area contributed by atoms with E-state index in [2.05, 4.69) is 173 Å². The fourth-order valence-corrected chi connectivity index (χ4v) is 7.67. The number of aliphatic hydroxyl groups is 2. The van der Waals surface area contributed by atoms with Crippen molar-refractivity contribution in [2.24, 2.45) is 0 Å². The molecule has 3 N–H and O–H groups in total. The molecule has 12 nitrogen and oxygen atoms in total. The molecule has 1 fully saturated rings. The number of ether oxygens (including phenoxy) is 5. The molecule has 12 heteroatoms. The number of carboxylic acid groups (broad SMARTS) is 1. The molecule has 6 atom stereocenters. The second-order valence-corrected chi connectivity index (χ2v) is 19.5. The number of allylic oxidation sites excluding steroid dienone is 31. The fraction of sp³-hybridized carbons (Fsp3) is 0.493. The lowest BCUT2D eigenvalue weighted by Gasteiger charge is -2.40. The monoisotopic (exact) mass is 1150 g/mol. The van der Waals surface area contributed by atoms with Crippen LogP contribution in [0.25, 0.3) is 0 Å². The lowest BCUT2D eigenvalue weighted by Crippen LogP contribution is -2.61. The maximum atomic E-state index is 13.1. The second kappa shape index (κ2) is 56.1. The Hall–Kier alpha value is -6.44. The molecular weight excluding hydrogens is 1040 g/mol. The molecule has 0 saturated carbocycles. The first-order chi connectivity index (χ1) is 40.6. The Morgan fingerprint density at radius 1 is 0.410 bits per heavy atom. The average molecular weight is 1150 g/mol. The Morgan fingerprint density at radius 3 is 1.18 bits per heavy atom. The van der Waals surface area contributed by atoms with Crippen molar-refractivity contribution < 1.29 is 58.2 Å². The summed E-state index contributed by atoms with van der Waals surface area (Å²) < 4.78 is 28.2. The van der Waals surface area contributed by atoms with Crippen LogP contribution in [0.4, 0.5) is 0 Å². The highest BCUT2D eigenvalue weighted by molar-refractivity contribution is 5.74. The van der Waals surface area contributed by atoms with Gasteiger partial charge in [-0.2, -0.15) is 0 Å². The van der Waals surface area contributed by atoms with Crippen LogP contribution >= 0.6 is 0 Å². The van der Waals surface area contributed by atoms with E-state index in [0.717, 1.165) is 109 Å². The highest BCUT2D eigenvalue weighted by atomic mass is 16.7. The van der Waals surface area contributed by atoms with Crippen molar-refractivity contribution in [3.63, 3.8) is 0 Å². The molecule has 1 heterocycles. The third-order valence-corrected chi connectivity index (χ3v) is 12.2. The van der Waals surface area contributed by atoms with Gasteiger partial charge in [0.25, 0.3) is 0 Å². The van der Waals surface area contributed by atoms with Gasteiger partial charge in [-0.15, -0.1) is 0 Å². The van der Waals surface area contributed by atoms with Gasteiger partial charge in [-0.3, -0.25) is 14.4 Å². The Morgan fingerprint density at radius 2 is 0.783 bits per heavy atom. The molecule has 1 rings (SSSR count). The van der Waals surface area contributed by atoms with Crippen molar-refractivity contribution in [3.05, 3.63) is 194 Å². The Bertz CT molecular complexity index is 2190. The number of hydrogen-bond donors (Lipinski definition) is 3. The number of rotatable bonds is 48. The van der Waals surface area contributed by atoms with E-state index in [9.17, 15) is 34.5 Å². The van der Waals surface area contributed by atoms with E-state index < -0.39 is 73.9 Å². The van der Waals surface area contributed by atoms with Crippen molar-refractivity contribution >= 4 is 23.9 Å². The van der Waals surface area contributed by atoms with E-state index in [0.29, 0.717) is 25.7 Å². The highest BCUT2D eigenvalue weighted by Crippen LogP contribution is 2.26. The predicted molar refractivity (Wildman–Crippen MR) is 339 cm³/mol. The van der Waals surface area contributed by atoms with Crippen molar-refractivity contribution in [3.8, 4) is 0 Å².